The van der Waals surface area contributed by atoms with Gasteiger partial charge in [-0.1, -0.05) is 36.4 Å². The summed E-state index contributed by atoms with van der Waals surface area (Å²) in [5.74, 6) is 0. The summed E-state index contributed by atoms with van der Waals surface area (Å²) in [6.45, 7) is 16.3. The first-order chi connectivity index (χ1) is 14.2. The first kappa shape index (κ1) is 20.2. The van der Waals surface area contributed by atoms with Crippen molar-refractivity contribution in [2.24, 2.45) is 0 Å². The van der Waals surface area contributed by atoms with Crippen molar-refractivity contribution in [2.75, 3.05) is 75.2 Å². The molecule has 0 bridgehead atoms. The minimum absolute atomic E-state index is 1.15. The molecule has 0 aromatic heterocycles. The van der Waals surface area contributed by atoms with Gasteiger partial charge in [-0.2, -0.15) is 0 Å². The lowest BCUT2D eigenvalue weighted by Gasteiger charge is -2.38. The zero-order chi connectivity index (χ0) is 20.1. The summed E-state index contributed by atoms with van der Waals surface area (Å²) in [7, 11) is 0. The summed E-state index contributed by atoms with van der Waals surface area (Å²) in [6, 6.07) is 17.6. The van der Waals surface area contributed by atoms with E-state index in [9.17, 15) is 0 Å². The smallest absolute Gasteiger partial charge is 0.0396 e. The maximum Gasteiger partial charge on any atom is 0.0396 e. The van der Waals surface area contributed by atoms with E-state index in [0.29, 0.717) is 0 Å². The Morgan fingerprint density at radius 2 is 0.931 bits per heavy atom. The Bertz CT molecular complexity index is 708. The van der Waals surface area contributed by atoms with Crippen molar-refractivity contribution in [3.05, 3.63) is 59.7 Å². The van der Waals surface area contributed by atoms with Crippen LogP contribution >= 0.6 is 0 Å². The van der Waals surface area contributed by atoms with Crippen molar-refractivity contribution in [3.63, 3.8) is 0 Å². The molecule has 0 saturated carbocycles. The third-order valence-electron chi connectivity index (χ3n) is 6.61. The van der Waals surface area contributed by atoms with E-state index < -0.39 is 0 Å². The number of hydrogen-bond acceptors (Lipinski definition) is 4. The highest BCUT2D eigenvalue weighted by molar-refractivity contribution is 5.54. The second kappa shape index (κ2) is 9.64. The molecule has 0 atom stereocenters. The molecule has 156 valence electrons. The topological polar surface area (TPSA) is 13.0 Å². The van der Waals surface area contributed by atoms with Crippen LogP contribution in [0.4, 0.5) is 11.4 Å². The maximum absolute atomic E-state index is 2.65. The highest BCUT2D eigenvalue weighted by atomic mass is 15.3. The van der Waals surface area contributed by atoms with Crippen molar-refractivity contribution < 1.29 is 0 Å². The fraction of sp³-hybridized carbons (Fsp3) is 0.520. The van der Waals surface area contributed by atoms with Gasteiger partial charge in [-0.25, -0.2) is 0 Å². The minimum atomic E-state index is 1.15. The van der Waals surface area contributed by atoms with Crippen LogP contribution in [0.1, 0.15) is 17.5 Å². The molecular weight excluding hydrogens is 356 g/mol. The number of rotatable bonds is 6. The molecular formula is C25H36N4. The highest BCUT2D eigenvalue weighted by Crippen LogP contribution is 2.22. The van der Waals surface area contributed by atoms with E-state index in [1.807, 2.05) is 0 Å². The normalized spacial score (nSPS) is 19.0. The Labute approximate surface area is 176 Å². The molecule has 29 heavy (non-hydrogen) atoms. The molecule has 0 N–H and O–H groups in total. The fourth-order valence-corrected chi connectivity index (χ4v) is 4.78. The molecule has 4 rings (SSSR count). The molecule has 2 heterocycles. The van der Waals surface area contributed by atoms with Crippen molar-refractivity contribution in [2.45, 2.75) is 20.3 Å². The van der Waals surface area contributed by atoms with Crippen LogP contribution in [0, 0.1) is 13.8 Å². The molecule has 0 unspecified atom stereocenters. The van der Waals surface area contributed by atoms with Crippen LogP contribution in [0.25, 0.3) is 0 Å². The molecule has 2 aliphatic heterocycles. The Morgan fingerprint density at radius 3 is 1.31 bits per heavy atom. The summed E-state index contributed by atoms with van der Waals surface area (Å²) < 4.78 is 0. The Kier molecular flexibility index (Phi) is 6.73. The molecule has 2 saturated heterocycles. The first-order valence-electron chi connectivity index (χ1n) is 11.3. The van der Waals surface area contributed by atoms with Crippen LogP contribution in [-0.2, 0) is 0 Å². The average Bonchev–Trinajstić information content (AvgIpc) is 2.76. The Balaban J connectivity index is 1.15. The van der Waals surface area contributed by atoms with Crippen LogP contribution in [0.15, 0.2) is 48.5 Å². The lowest BCUT2D eigenvalue weighted by atomic mass is 10.1. The number of benzene rings is 2. The number of piperazine rings is 2. The monoisotopic (exact) mass is 392 g/mol. The Hall–Kier alpha value is -2.04. The van der Waals surface area contributed by atoms with Crippen molar-refractivity contribution in [1.29, 1.82) is 0 Å². The van der Waals surface area contributed by atoms with Gasteiger partial charge >= 0.3 is 0 Å². The lowest BCUT2D eigenvalue weighted by molar-refractivity contribution is 0.213. The zero-order valence-electron chi connectivity index (χ0n) is 18.2. The van der Waals surface area contributed by atoms with E-state index in [4.69, 9.17) is 0 Å². The zero-order valence-corrected chi connectivity index (χ0v) is 18.2. The van der Waals surface area contributed by atoms with Gasteiger partial charge in [0.05, 0.1) is 0 Å². The van der Waals surface area contributed by atoms with Gasteiger partial charge in [-0.05, 0) is 56.6 Å². The molecule has 2 aliphatic rings. The molecule has 0 aliphatic carbocycles. The van der Waals surface area contributed by atoms with Crippen molar-refractivity contribution >= 4 is 11.4 Å². The van der Waals surface area contributed by atoms with Crippen LogP contribution in [0.5, 0.6) is 0 Å². The van der Waals surface area contributed by atoms with Gasteiger partial charge in [0.1, 0.15) is 0 Å². The van der Waals surface area contributed by atoms with Gasteiger partial charge in [-0.15, -0.1) is 0 Å². The number of hydrogen-bond donors (Lipinski definition) is 0. The number of para-hydroxylation sites is 2. The highest BCUT2D eigenvalue weighted by Gasteiger charge is 2.20. The van der Waals surface area contributed by atoms with Gasteiger partial charge in [0.25, 0.3) is 0 Å². The molecule has 0 spiro atoms. The number of anilines is 2. The standard InChI is InChI=1S/C25H36N4/c1-22-8-3-5-10-24(22)28-18-14-26(15-19-28)12-7-13-27-16-20-29(21-17-27)25-11-6-4-9-23(25)2/h3-6,8-11H,7,12-21H2,1-2H3. The number of nitrogens with zero attached hydrogens (tertiary/aromatic N) is 4. The van der Waals surface area contributed by atoms with E-state index in [2.05, 4.69) is 82.0 Å². The quantitative estimate of drug-likeness (QED) is 0.744. The number of aryl methyl sites for hydroxylation is 2. The molecule has 4 nitrogen and oxygen atoms in total. The summed E-state index contributed by atoms with van der Waals surface area (Å²) in [6.07, 6.45) is 1.29. The van der Waals surface area contributed by atoms with Crippen LogP contribution in [0.3, 0.4) is 0 Å². The summed E-state index contributed by atoms with van der Waals surface area (Å²) in [4.78, 5) is 10.4. The second-order valence-corrected chi connectivity index (χ2v) is 8.58. The fourth-order valence-electron chi connectivity index (χ4n) is 4.78. The van der Waals surface area contributed by atoms with Crippen LogP contribution < -0.4 is 9.80 Å². The average molecular weight is 393 g/mol. The SMILES string of the molecule is Cc1ccccc1N1CCN(CCCN2CCN(c3ccccc3C)CC2)CC1. The van der Waals surface area contributed by atoms with E-state index in [1.54, 1.807) is 0 Å². The van der Waals surface area contributed by atoms with E-state index >= 15 is 0 Å². The van der Waals surface area contributed by atoms with Crippen molar-refractivity contribution in [1.82, 2.24) is 9.80 Å². The molecule has 4 heteroatoms. The minimum Gasteiger partial charge on any atom is -0.369 e. The summed E-state index contributed by atoms with van der Waals surface area (Å²) >= 11 is 0. The first-order valence-corrected chi connectivity index (χ1v) is 11.3. The van der Waals surface area contributed by atoms with E-state index in [-0.39, 0.29) is 0 Å². The lowest BCUT2D eigenvalue weighted by Crippen LogP contribution is -2.49. The van der Waals surface area contributed by atoms with Crippen LogP contribution in [-0.4, -0.2) is 75.2 Å². The van der Waals surface area contributed by atoms with Gasteiger partial charge in [0.2, 0.25) is 0 Å². The predicted octanol–water partition coefficient (Wildman–Crippen LogP) is 3.64. The van der Waals surface area contributed by atoms with Crippen LogP contribution in [0.2, 0.25) is 0 Å². The summed E-state index contributed by atoms with van der Waals surface area (Å²) in [5, 5.41) is 0. The third kappa shape index (κ3) is 5.12. The van der Waals surface area contributed by atoms with Gasteiger partial charge < -0.3 is 9.80 Å². The molecule has 2 fully saturated rings. The van der Waals surface area contributed by atoms with Gasteiger partial charge in [0.15, 0.2) is 0 Å². The molecule has 0 radical (unpaired) electrons. The maximum atomic E-state index is 2.65. The van der Waals surface area contributed by atoms with Gasteiger partial charge in [-0.3, -0.25) is 9.80 Å². The van der Waals surface area contributed by atoms with E-state index in [0.717, 1.165) is 26.2 Å². The molecule has 0 amide bonds. The molecule has 2 aromatic rings. The third-order valence-corrected chi connectivity index (χ3v) is 6.61. The largest absolute Gasteiger partial charge is 0.369 e. The van der Waals surface area contributed by atoms with Crippen molar-refractivity contribution in [3.8, 4) is 0 Å². The predicted molar refractivity (Wildman–Crippen MR) is 124 cm³/mol. The van der Waals surface area contributed by atoms with E-state index in [1.165, 1.54) is 68.2 Å². The summed E-state index contributed by atoms with van der Waals surface area (Å²) in [5.41, 5.74) is 5.62. The van der Waals surface area contributed by atoms with Gasteiger partial charge in [0, 0.05) is 63.7 Å². The molecule has 2 aromatic carbocycles. The second-order valence-electron chi connectivity index (χ2n) is 8.58. The Morgan fingerprint density at radius 1 is 0.552 bits per heavy atom.